The number of ether oxygens (including phenoxy) is 3. The first kappa shape index (κ1) is 69.1. The van der Waals surface area contributed by atoms with Crippen LogP contribution in [0.1, 0.15) is 278 Å². The van der Waals surface area contributed by atoms with Crippen LogP contribution in [0.3, 0.4) is 0 Å². The lowest BCUT2D eigenvalue weighted by Gasteiger charge is -2.18. The molecule has 0 bridgehead atoms. The fraction of sp³-hybridized carbons (Fsp3) is 0.687. The molecule has 0 aliphatic heterocycles. The van der Waals surface area contributed by atoms with Crippen LogP contribution in [0.15, 0.2) is 109 Å². The number of carbonyl (C=O) groups is 3. The van der Waals surface area contributed by atoms with E-state index in [0.717, 1.165) is 122 Å². The zero-order valence-corrected chi connectivity index (χ0v) is 47.6. The molecule has 0 fully saturated rings. The summed E-state index contributed by atoms with van der Waals surface area (Å²) in [6, 6.07) is 0. The van der Waals surface area contributed by atoms with Gasteiger partial charge in [-0.05, 0) is 128 Å². The summed E-state index contributed by atoms with van der Waals surface area (Å²) in [6.45, 7) is 6.46. The average Bonchev–Trinajstić information content (AvgIpc) is 3.39. The van der Waals surface area contributed by atoms with Gasteiger partial charge in [0.05, 0.1) is 0 Å². The first-order chi connectivity index (χ1) is 36.0. The number of allylic oxidation sites excluding steroid dienone is 18. The molecule has 0 aromatic carbocycles. The van der Waals surface area contributed by atoms with Crippen LogP contribution in [-0.4, -0.2) is 37.2 Å². The van der Waals surface area contributed by atoms with Crippen molar-refractivity contribution in [3.05, 3.63) is 109 Å². The number of esters is 3. The summed E-state index contributed by atoms with van der Waals surface area (Å²) in [6.07, 6.45) is 82.2. The topological polar surface area (TPSA) is 78.9 Å². The van der Waals surface area contributed by atoms with Crippen molar-refractivity contribution in [3.63, 3.8) is 0 Å². The van der Waals surface area contributed by atoms with Crippen molar-refractivity contribution in [1.82, 2.24) is 0 Å². The monoisotopic (exact) mass is 1010 g/mol. The first-order valence-corrected chi connectivity index (χ1v) is 30.4. The SMILES string of the molecule is CC/C=C\C/C=C\C/C=C\C/C=C\CCCCCCC(=O)OC[C@H](COC(=O)CCCCC/C=C\C/C=C\C/C=C\C/C=C\CCCCC)OC(=O)CCCCCCCCCCC/C=C\CCCCCCCC. The summed E-state index contributed by atoms with van der Waals surface area (Å²) in [5.41, 5.74) is 0. The molecule has 6 nitrogen and oxygen atoms in total. The van der Waals surface area contributed by atoms with Gasteiger partial charge in [0.15, 0.2) is 6.10 Å². The Hall–Kier alpha value is -3.93. The Labute approximate surface area is 450 Å². The Morgan fingerprint density at radius 3 is 0.890 bits per heavy atom. The third kappa shape index (κ3) is 58.8. The van der Waals surface area contributed by atoms with E-state index in [4.69, 9.17) is 14.2 Å². The maximum Gasteiger partial charge on any atom is 0.306 e. The zero-order valence-electron chi connectivity index (χ0n) is 47.6. The summed E-state index contributed by atoms with van der Waals surface area (Å²) in [5, 5.41) is 0. The summed E-state index contributed by atoms with van der Waals surface area (Å²) < 4.78 is 16.9. The van der Waals surface area contributed by atoms with Crippen molar-refractivity contribution in [2.45, 2.75) is 284 Å². The normalized spacial score (nSPS) is 12.9. The molecule has 416 valence electrons. The van der Waals surface area contributed by atoms with Gasteiger partial charge in [0.25, 0.3) is 0 Å². The van der Waals surface area contributed by atoms with Crippen LogP contribution in [0.25, 0.3) is 0 Å². The van der Waals surface area contributed by atoms with Crippen LogP contribution in [0.4, 0.5) is 0 Å². The molecule has 0 aliphatic carbocycles. The van der Waals surface area contributed by atoms with E-state index in [1.807, 2.05) is 0 Å². The largest absolute Gasteiger partial charge is 0.462 e. The van der Waals surface area contributed by atoms with Gasteiger partial charge < -0.3 is 14.2 Å². The van der Waals surface area contributed by atoms with Gasteiger partial charge >= 0.3 is 17.9 Å². The molecule has 0 rings (SSSR count). The minimum atomic E-state index is -0.806. The average molecular weight is 1010 g/mol. The van der Waals surface area contributed by atoms with Gasteiger partial charge in [-0.2, -0.15) is 0 Å². The molecular formula is C67H112O6. The van der Waals surface area contributed by atoms with E-state index in [2.05, 4.69) is 130 Å². The van der Waals surface area contributed by atoms with Gasteiger partial charge in [0.1, 0.15) is 13.2 Å². The first-order valence-electron chi connectivity index (χ1n) is 30.4. The fourth-order valence-electron chi connectivity index (χ4n) is 8.18. The molecule has 0 heterocycles. The Balaban J connectivity index is 4.49. The lowest BCUT2D eigenvalue weighted by atomic mass is 10.1. The van der Waals surface area contributed by atoms with Gasteiger partial charge in [-0.15, -0.1) is 0 Å². The quantitative estimate of drug-likeness (QED) is 0.0261. The molecule has 6 heteroatoms. The van der Waals surface area contributed by atoms with Gasteiger partial charge in [0, 0.05) is 19.3 Å². The maximum atomic E-state index is 12.9. The maximum absolute atomic E-state index is 12.9. The second-order valence-corrected chi connectivity index (χ2v) is 19.9. The van der Waals surface area contributed by atoms with Gasteiger partial charge in [0.2, 0.25) is 0 Å². The Kier molecular flexibility index (Phi) is 57.4. The highest BCUT2D eigenvalue weighted by Crippen LogP contribution is 2.15. The van der Waals surface area contributed by atoms with Crippen LogP contribution >= 0.6 is 0 Å². The zero-order chi connectivity index (χ0) is 52.9. The molecule has 0 saturated carbocycles. The van der Waals surface area contributed by atoms with E-state index >= 15 is 0 Å². The minimum Gasteiger partial charge on any atom is -0.462 e. The number of carbonyl (C=O) groups excluding carboxylic acids is 3. The molecule has 0 aromatic heterocycles. The van der Waals surface area contributed by atoms with Gasteiger partial charge in [-0.3, -0.25) is 14.4 Å². The third-order valence-electron chi connectivity index (χ3n) is 12.7. The minimum absolute atomic E-state index is 0.103. The van der Waals surface area contributed by atoms with E-state index in [0.29, 0.717) is 19.3 Å². The lowest BCUT2D eigenvalue weighted by molar-refractivity contribution is -0.167. The third-order valence-corrected chi connectivity index (χ3v) is 12.7. The fourth-order valence-corrected chi connectivity index (χ4v) is 8.18. The second-order valence-electron chi connectivity index (χ2n) is 19.9. The van der Waals surface area contributed by atoms with Crippen LogP contribution in [0, 0.1) is 0 Å². The summed E-state index contributed by atoms with van der Waals surface area (Å²) in [5.74, 6) is -0.953. The number of hydrogen-bond acceptors (Lipinski definition) is 6. The molecule has 0 unspecified atom stereocenters. The van der Waals surface area contributed by atoms with Crippen molar-refractivity contribution in [1.29, 1.82) is 0 Å². The highest BCUT2D eigenvalue weighted by atomic mass is 16.6. The lowest BCUT2D eigenvalue weighted by Crippen LogP contribution is -2.30. The van der Waals surface area contributed by atoms with E-state index in [1.54, 1.807) is 0 Å². The van der Waals surface area contributed by atoms with Gasteiger partial charge in [-0.1, -0.05) is 239 Å². The van der Waals surface area contributed by atoms with Crippen LogP contribution in [0.5, 0.6) is 0 Å². The van der Waals surface area contributed by atoms with Crippen molar-refractivity contribution >= 4 is 17.9 Å². The smallest absolute Gasteiger partial charge is 0.306 e. The Morgan fingerprint density at radius 1 is 0.288 bits per heavy atom. The molecule has 0 saturated heterocycles. The van der Waals surface area contributed by atoms with Crippen LogP contribution in [-0.2, 0) is 28.6 Å². The van der Waals surface area contributed by atoms with Gasteiger partial charge in [-0.25, -0.2) is 0 Å². The predicted octanol–water partition coefficient (Wildman–Crippen LogP) is 20.7. The second kappa shape index (κ2) is 60.6. The highest BCUT2D eigenvalue weighted by molar-refractivity contribution is 5.71. The molecule has 0 N–H and O–H groups in total. The van der Waals surface area contributed by atoms with Crippen LogP contribution in [0.2, 0.25) is 0 Å². The van der Waals surface area contributed by atoms with E-state index in [1.165, 1.54) is 116 Å². The van der Waals surface area contributed by atoms with Crippen molar-refractivity contribution in [2.75, 3.05) is 13.2 Å². The molecule has 0 aromatic rings. The summed E-state index contributed by atoms with van der Waals surface area (Å²) >= 11 is 0. The standard InChI is InChI=1S/C67H112O6/c1-4-7-10-13-16-19-22-25-28-31-33-36-39-42-45-48-51-54-57-60-66(69)72-63-64(62-71-65(68)59-56-53-50-47-44-41-38-35-30-27-24-21-18-15-12-9-6-3)73-67(70)61-58-55-52-49-46-43-40-37-34-32-29-26-23-20-17-14-11-8-5-2/h9,12,16,18-19,21,25-30,33,36,38,41-42,45,64H,4-8,10-11,13-15,17,20,22-24,31-32,34-35,37,39-40,43-44,46-63H2,1-3H3/b12-9-,19-16-,21-18-,28-25-,29-26-,30-27-,36-33-,41-38-,45-42-/t64-/m1/s1. The van der Waals surface area contributed by atoms with Crippen molar-refractivity contribution in [2.24, 2.45) is 0 Å². The van der Waals surface area contributed by atoms with E-state index in [9.17, 15) is 14.4 Å². The number of unbranched alkanes of at least 4 members (excludes halogenated alkanes) is 25. The van der Waals surface area contributed by atoms with E-state index in [-0.39, 0.29) is 31.1 Å². The summed E-state index contributed by atoms with van der Waals surface area (Å²) in [4.78, 5) is 38.3. The van der Waals surface area contributed by atoms with E-state index < -0.39 is 6.10 Å². The molecular weight excluding hydrogens is 901 g/mol. The van der Waals surface area contributed by atoms with Crippen molar-refractivity contribution < 1.29 is 28.6 Å². The number of hydrogen-bond donors (Lipinski definition) is 0. The molecule has 0 spiro atoms. The molecule has 0 amide bonds. The molecule has 0 aliphatic rings. The van der Waals surface area contributed by atoms with Crippen molar-refractivity contribution in [3.8, 4) is 0 Å². The molecule has 0 radical (unpaired) electrons. The number of rotatable bonds is 54. The summed E-state index contributed by atoms with van der Waals surface area (Å²) in [7, 11) is 0. The predicted molar refractivity (Wildman–Crippen MR) is 316 cm³/mol. The Morgan fingerprint density at radius 2 is 0.534 bits per heavy atom. The highest BCUT2D eigenvalue weighted by Gasteiger charge is 2.19. The molecule has 73 heavy (non-hydrogen) atoms. The molecule has 1 atom stereocenters. The Bertz CT molecular complexity index is 1490. The van der Waals surface area contributed by atoms with Crippen LogP contribution < -0.4 is 0 Å².